The largest absolute Gasteiger partial charge is 0.342 e. The molecule has 0 saturated carbocycles. The van der Waals surface area contributed by atoms with Gasteiger partial charge in [-0.05, 0) is 43.4 Å². The number of piperidine rings is 1. The van der Waals surface area contributed by atoms with E-state index in [0.29, 0.717) is 45.6 Å². The number of rotatable bonds is 9. The molecule has 2 aliphatic heterocycles. The van der Waals surface area contributed by atoms with Crippen LogP contribution in [0.3, 0.4) is 0 Å². The summed E-state index contributed by atoms with van der Waals surface area (Å²) in [5.41, 5.74) is 0.951. The number of hydrogen-bond acceptors (Lipinski definition) is 5. The fraction of sp³-hybridized carbons (Fsp3) is 0.667. The fourth-order valence-electron chi connectivity index (χ4n) is 4.54. The topological polar surface area (TPSA) is 81.2 Å². The first-order valence-corrected chi connectivity index (χ1v) is 13.7. The number of hydrogen-bond donors (Lipinski definition) is 0. The second-order valence-electron chi connectivity index (χ2n) is 8.83. The minimum absolute atomic E-state index is 0.108. The summed E-state index contributed by atoms with van der Waals surface area (Å²) < 4.78 is 26.6. The summed E-state index contributed by atoms with van der Waals surface area (Å²) in [4.78, 5) is 31.4. The Kier molecular flexibility index (Phi) is 9.28. The summed E-state index contributed by atoms with van der Waals surface area (Å²) in [6, 6.07) is 6.86. The van der Waals surface area contributed by atoms with E-state index in [4.69, 9.17) is 0 Å². The van der Waals surface area contributed by atoms with E-state index in [1.54, 1.807) is 24.3 Å². The maximum absolute atomic E-state index is 12.7. The molecule has 0 N–H and O–H groups in total. The lowest BCUT2D eigenvalue weighted by molar-refractivity contribution is -0.135. The molecule has 0 unspecified atom stereocenters. The lowest BCUT2D eigenvalue weighted by Crippen LogP contribution is -2.52. The Balaban J connectivity index is 1.43. The molecule has 2 fully saturated rings. The van der Waals surface area contributed by atoms with Crippen molar-refractivity contribution >= 4 is 21.8 Å². The molecule has 184 valence electrons. The van der Waals surface area contributed by atoms with Gasteiger partial charge in [0.15, 0.2) is 0 Å². The van der Waals surface area contributed by atoms with Gasteiger partial charge in [-0.15, -0.1) is 0 Å². The molecule has 0 aliphatic carbocycles. The lowest BCUT2D eigenvalue weighted by Gasteiger charge is -2.36. The summed E-state index contributed by atoms with van der Waals surface area (Å²) >= 11 is 0. The highest BCUT2D eigenvalue weighted by molar-refractivity contribution is 7.89. The highest BCUT2D eigenvalue weighted by Crippen LogP contribution is 2.17. The van der Waals surface area contributed by atoms with Crippen molar-refractivity contribution in [3.8, 4) is 0 Å². The van der Waals surface area contributed by atoms with Crippen LogP contribution in [0.25, 0.3) is 0 Å². The maximum Gasteiger partial charge on any atom is 0.243 e. The highest BCUT2D eigenvalue weighted by Gasteiger charge is 2.25. The van der Waals surface area contributed by atoms with Gasteiger partial charge in [0.05, 0.1) is 11.4 Å². The smallest absolute Gasteiger partial charge is 0.243 e. The van der Waals surface area contributed by atoms with E-state index < -0.39 is 10.0 Å². The van der Waals surface area contributed by atoms with Gasteiger partial charge >= 0.3 is 0 Å². The number of carbonyl (C=O) groups is 2. The quantitative estimate of drug-likeness (QED) is 0.541. The number of likely N-dealkylation sites (tertiary alicyclic amines) is 1. The third kappa shape index (κ3) is 6.77. The van der Waals surface area contributed by atoms with Crippen LogP contribution in [-0.4, -0.2) is 98.1 Å². The minimum atomic E-state index is -3.46. The molecule has 2 aliphatic rings. The van der Waals surface area contributed by atoms with Crippen molar-refractivity contribution < 1.29 is 18.0 Å². The van der Waals surface area contributed by atoms with Gasteiger partial charge in [0.25, 0.3) is 0 Å². The summed E-state index contributed by atoms with van der Waals surface area (Å²) in [5, 5.41) is 0. The Labute approximate surface area is 198 Å². The molecule has 0 bridgehead atoms. The zero-order valence-electron chi connectivity index (χ0n) is 20.0. The monoisotopic (exact) mass is 478 g/mol. The SMILES string of the molecule is CCN(CC)S(=O)(=O)c1ccc(CCC(=O)N2CCN(CC(=O)N3CCCCC3)CC2)cc1. The average Bonchev–Trinajstić information content (AvgIpc) is 2.84. The molecule has 8 nitrogen and oxygen atoms in total. The summed E-state index contributed by atoms with van der Waals surface area (Å²) in [6.07, 6.45) is 4.39. The Morgan fingerprint density at radius 2 is 1.39 bits per heavy atom. The van der Waals surface area contributed by atoms with Crippen LogP contribution in [0.2, 0.25) is 0 Å². The minimum Gasteiger partial charge on any atom is -0.342 e. The van der Waals surface area contributed by atoms with Gasteiger partial charge in [-0.2, -0.15) is 4.31 Å². The first kappa shape index (κ1) is 25.6. The molecule has 2 amide bonds. The molecule has 0 atom stereocenters. The van der Waals surface area contributed by atoms with Crippen LogP contribution in [-0.2, 0) is 26.0 Å². The zero-order chi connectivity index (χ0) is 23.8. The van der Waals surface area contributed by atoms with Crippen molar-refractivity contribution in [1.82, 2.24) is 19.0 Å². The van der Waals surface area contributed by atoms with E-state index in [1.807, 2.05) is 23.6 Å². The number of piperazine rings is 1. The third-order valence-corrected chi connectivity index (χ3v) is 8.75. The Hall–Kier alpha value is -1.97. The van der Waals surface area contributed by atoms with E-state index in [0.717, 1.165) is 44.6 Å². The van der Waals surface area contributed by atoms with Crippen molar-refractivity contribution in [1.29, 1.82) is 0 Å². The number of carbonyl (C=O) groups excluding carboxylic acids is 2. The van der Waals surface area contributed by atoms with Crippen molar-refractivity contribution in [2.75, 3.05) is 58.9 Å². The normalized spacial score (nSPS) is 18.0. The number of amides is 2. The van der Waals surface area contributed by atoms with Gasteiger partial charge < -0.3 is 9.80 Å². The Morgan fingerprint density at radius 1 is 0.818 bits per heavy atom. The van der Waals surface area contributed by atoms with Gasteiger partial charge in [0, 0.05) is 58.8 Å². The van der Waals surface area contributed by atoms with Crippen LogP contribution in [0.4, 0.5) is 0 Å². The molecule has 1 aromatic carbocycles. The van der Waals surface area contributed by atoms with Gasteiger partial charge in [-0.25, -0.2) is 8.42 Å². The van der Waals surface area contributed by atoms with E-state index >= 15 is 0 Å². The second-order valence-corrected chi connectivity index (χ2v) is 10.8. The van der Waals surface area contributed by atoms with Crippen molar-refractivity contribution in [3.63, 3.8) is 0 Å². The molecule has 33 heavy (non-hydrogen) atoms. The molecule has 0 spiro atoms. The van der Waals surface area contributed by atoms with Crippen LogP contribution >= 0.6 is 0 Å². The van der Waals surface area contributed by atoms with E-state index in [2.05, 4.69) is 4.90 Å². The Morgan fingerprint density at radius 3 is 1.97 bits per heavy atom. The van der Waals surface area contributed by atoms with Crippen molar-refractivity contribution in [2.24, 2.45) is 0 Å². The third-order valence-electron chi connectivity index (χ3n) is 6.69. The molecule has 2 saturated heterocycles. The van der Waals surface area contributed by atoms with Gasteiger partial charge in [0.2, 0.25) is 21.8 Å². The molecule has 9 heteroatoms. The number of sulfonamides is 1. The highest BCUT2D eigenvalue weighted by atomic mass is 32.2. The van der Waals surface area contributed by atoms with Crippen molar-refractivity contribution in [2.45, 2.75) is 50.8 Å². The zero-order valence-corrected chi connectivity index (χ0v) is 20.9. The van der Waals surface area contributed by atoms with Crippen LogP contribution in [0.5, 0.6) is 0 Å². The van der Waals surface area contributed by atoms with E-state index in [-0.39, 0.29) is 16.7 Å². The van der Waals surface area contributed by atoms with Crippen LogP contribution < -0.4 is 0 Å². The Bertz CT molecular complexity index is 886. The van der Waals surface area contributed by atoms with Crippen LogP contribution in [0.15, 0.2) is 29.2 Å². The summed E-state index contributed by atoms with van der Waals surface area (Å²) in [7, 11) is -3.46. The standard InChI is InChI=1S/C24H38N4O4S/c1-3-28(4-2)33(31,32)22-11-8-21(9-12-22)10-13-23(29)27-18-16-25(17-19-27)20-24(30)26-14-6-5-7-15-26/h8-9,11-12H,3-7,10,13-20H2,1-2H3. The molecular formula is C24H38N4O4S. The van der Waals surface area contributed by atoms with Crippen LogP contribution in [0, 0.1) is 0 Å². The van der Waals surface area contributed by atoms with Gasteiger partial charge in [-0.3, -0.25) is 14.5 Å². The van der Waals surface area contributed by atoms with E-state index in [9.17, 15) is 18.0 Å². The van der Waals surface area contributed by atoms with Crippen molar-refractivity contribution in [3.05, 3.63) is 29.8 Å². The number of nitrogens with zero attached hydrogens (tertiary/aromatic N) is 4. The van der Waals surface area contributed by atoms with Gasteiger partial charge in [-0.1, -0.05) is 26.0 Å². The number of benzene rings is 1. The van der Waals surface area contributed by atoms with Gasteiger partial charge in [0.1, 0.15) is 0 Å². The van der Waals surface area contributed by atoms with E-state index in [1.165, 1.54) is 10.7 Å². The molecule has 2 heterocycles. The first-order valence-electron chi connectivity index (χ1n) is 12.2. The van der Waals surface area contributed by atoms with Crippen LogP contribution in [0.1, 0.15) is 45.1 Å². The predicted octanol–water partition coefficient (Wildman–Crippen LogP) is 1.81. The average molecular weight is 479 g/mol. The molecular weight excluding hydrogens is 440 g/mol. The predicted molar refractivity (Wildman–Crippen MR) is 128 cm³/mol. The molecule has 0 radical (unpaired) electrons. The molecule has 3 rings (SSSR count). The maximum atomic E-state index is 12.7. The number of aryl methyl sites for hydroxylation is 1. The fourth-order valence-corrected chi connectivity index (χ4v) is 6.00. The molecule has 1 aromatic rings. The first-order chi connectivity index (χ1) is 15.8. The summed E-state index contributed by atoms with van der Waals surface area (Å²) in [6.45, 7) is 9.47. The molecule has 0 aromatic heterocycles. The lowest BCUT2D eigenvalue weighted by atomic mass is 10.1. The summed E-state index contributed by atoms with van der Waals surface area (Å²) in [5.74, 6) is 0.317. The second kappa shape index (κ2) is 11.9.